The molecule has 7 heteroatoms. The minimum Gasteiger partial charge on any atom is -0.380 e. The van der Waals surface area contributed by atoms with Crippen LogP contribution in [0, 0.1) is 5.92 Å². The monoisotopic (exact) mass is 399 g/mol. The first kappa shape index (κ1) is 19.0. The molecule has 0 spiro atoms. The molecule has 1 heterocycles. The van der Waals surface area contributed by atoms with Crippen molar-refractivity contribution in [2.24, 2.45) is 5.92 Å². The fourth-order valence-electron chi connectivity index (χ4n) is 3.83. The number of halogens is 1. The number of aromatic nitrogens is 2. The van der Waals surface area contributed by atoms with Crippen molar-refractivity contribution >= 4 is 29.0 Å². The molecule has 0 bridgehead atoms. The molecule has 0 aliphatic heterocycles. The van der Waals surface area contributed by atoms with Crippen molar-refractivity contribution < 1.29 is 4.79 Å². The maximum Gasteiger partial charge on any atom is 0.238 e. The van der Waals surface area contributed by atoms with Gasteiger partial charge in [-0.2, -0.15) is 5.10 Å². The van der Waals surface area contributed by atoms with Crippen molar-refractivity contribution in [3.63, 3.8) is 0 Å². The Bertz CT molecular complexity index is 804. The van der Waals surface area contributed by atoms with Crippen LogP contribution in [-0.2, 0) is 4.79 Å². The third kappa shape index (κ3) is 4.93. The highest BCUT2D eigenvalue weighted by Crippen LogP contribution is 2.35. The molecule has 0 saturated heterocycles. The zero-order valence-corrected chi connectivity index (χ0v) is 16.6. The molecule has 1 aromatic heterocycles. The van der Waals surface area contributed by atoms with E-state index in [0.29, 0.717) is 35.1 Å². The van der Waals surface area contributed by atoms with Gasteiger partial charge in [0.15, 0.2) is 5.82 Å². The van der Waals surface area contributed by atoms with Gasteiger partial charge < -0.3 is 5.32 Å². The molecule has 2 aliphatic carbocycles. The second kappa shape index (κ2) is 8.78. The van der Waals surface area contributed by atoms with Crippen LogP contribution in [0.25, 0.3) is 0 Å². The zero-order valence-electron chi connectivity index (χ0n) is 15.8. The van der Waals surface area contributed by atoms with Gasteiger partial charge in [0.1, 0.15) is 5.02 Å². The number of carbonyl (C=O) groups is 1. The number of carbonyl (C=O) groups excluding carboxylic acids is 1. The van der Waals surface area contributed by atoms with E-state index in [-0.39, 0.29) is 5.91 Å². The summed E-state index contributed by atoms with van der Waals surface area (Å²) in [5, 5.41) is 12.0. The predicted molar refractivity (Wildman–Crippen MR) is 111 cm³/mol. The standard InChI is InChI=1S/C21H26ClN5O/c22-20-18(13-23-26-21(20)27-25-19(28)12-14-6-7-14)24-17-10-8-16(9-11-17)15-4-2-1-3-5-15/h1-5,13-14,16-17H,6-12H2,(H,25,28)(H2,24,26,27). The highest BCUT2D eigenvalue weighted by atomic mass is 35.5. The number of hydrogen-bond acceptors (Lipinski definition) is 5. The van der Waals surface area contributed by atoms with E-state index in [4.69, 9.17) is 11.6 Å². The summed E-state index contributed by atoms with van der Waals surface area (Å²) in [6.07, 6.45) is 8.93. The normalized spacial score (nSPS) is 21.8. The van der Waals surface area contributed by atoms with Gasteiger partial charge in [-0.15, -0.1) is 5.10 Å². The summed E-state index contributed by atoms with van der Waals surface area (Å²) < 4.78 is 0. The predicted octanol–water partition coefficient (Wildman–Crippen LogP) is 4.51. The van der Waals surface area contributed by atoms with Crippen LogP contribution in [0.4, 0.5) is 11.5 Å². The summed E-state index contributed by atoms with van der Waals surface area (Å²) in [5.41, 5.74) is 7.65. The Balaban J connectivity index is 1.30. The molecule has 2 fully saturated rings. The average molecular weight is 400 g/mol. The fourth-order valence-corrected chi connectivity index (χ4v) is 4.02. The van der Waals surface area contributed by atoms with E-state index in [0.717, 1.165) is 44.2 Å². The summed E-state index contributed by atoms with van der Waals surface area (Å²) in [6.45, 7) is 0. The molecule has 0 atom stereocenters. The van der Waals surface area contributed by atoms with Crippen molar-refractivity contribution in [1.29, 1.82) is 0 Å². The first-order valence-electron chi connectivity index (χ1n) is 10.1. The van der Waals surface area contributed by atoms with Crippen molar-refractivity contribution in [3.05, 3.63) is 47.1 Å². The Kier molecular flexibility index (Phi) is 5.95. The van der Waals surface area contributed by atoms with E-state index in [1.807, 2.05) is 0 Å². The zero-order chi connectivity index (χ0) is 19.3. The van der Waals surface area contributed by atoms with Crippen LogP contribution < -0.4 is 16.2 Å². The number of nitrogens with zero attached hydrogens (tertiary/aromatic N) is 2. The maximum absolute atomic E-state index is 11.8. The Morgan fingerprint density at radius 2 is 1.82 bits per heavy atom. The summed E-state index contributed by atoms with van der Waals surface area (Å²) >= 11 is 6.48. The van der Waals surface area contributed by atoms with Crippen molar-refractivity contribution in [2.75, 3.05) is 10.7 Å². The molecule has 2 aromatic rings. The molecule has 2 aliphatic rings. The van der Waals surface area contributed by atoms with Crippen LogP contribution in [0.1, 0.15) is 56.4 Å². The van der Waals surface area contributed by atoms with Crippen LogP contribution >= 0.6 is 11.6 Å². The highest BCUT2D eigenvalue weighted by molar-refractivity contribution is 6.35. The second-order valence-corrected chi connectivity index (χ2v) is 8.22. The SMILES string of the molecule is O=C(CC1CC1)NNc1nncc(NC2CCC(c3ccccc3)CC2)c1Cl. The molecule has 1 amide bonds. The molecule has 28 heavy (non-hydrogen) atoms. The lowest BCUT2D eigenvalue weighted by Gasteiger charge is -2.30. The lowest BCUT2D eigenvalue weighted by molar-refractivity contribution is -0.120. The highest BCUT2D eigenvalue weighted by Gasteiger charge is 2.25. The van der Waals surface area contributed by atoms with Crippen molar-refractivity contribution in [2.45, 2.75) is 56.9 Å². The van der Waals surface area contributed by atoms with Crippen LogP contribution in [-0.4, -0.2) is 22.1 Å². The van der Waals surface area contributed by atoms with Gasteiger partial charge in [-0.3, -0.25) is 15.6 Å². The lowest BCUT2D eigenvalue weighted by atomic mass is 9.82. The van der Waals surface area contributed by atoms with E-state index in [9.17, 15) is 4.79 Å². The van der Waals surface area contributed by atoms with E-state index in [1.54, 1.807) is 6.20 Å². The van der Waals surface area contributed by atoms with Gasteiger partial charge in [0.25, 0.3) is 0 Å². The van der Waals surface area contributed by atoms with Crippen molar-refractivity contribution in [1.82, 2.24) is 15.6 Å². The summed E-state index contributed by atoms with van der Waals surface area (Å²) in [4.78, 5) is 11.8. The second-order valence-electron chi connectivity index (χ2n) is 7.85. The lowest BCUT2D eigenvalue weighted by Crippen LogP contribution is -2.30. The first-order chi connectivity index (χ1) is 13.7. The number of rotatable bonds is 7. The average Bonchev–Trinajstić information content (AvgIpc) is 3.54. The number of amides is 1. The quantitative estimate of drug-likeness (QED) is 0.597. The third-order valence-electron chi connectivity index (χ3n) is 5.64. The third-order valence-corrected chi connectivity index (χ3v) is 6.02. The van der Waals surface area contributed by atoms with Crippen LogP contribution in [0.3, 0.4) is 0 Å². The van der Waals surface area contributed by atoms with E-state index >= 15 is 0 Å². The largest absolute Gasteiger partial charge is 0.380 e. The summed E-state index contributed by atoms with van der Waals surface area (Å²) in [6, 6.07) is 11.1. The van der Waals surface area contributed by atoms with Crippen LogP contribution in [0.5, 0.6) is 0 Å². The van der Waals surface area contributed by atoms with Gasteiger partial charge in [0.2, 0.25) is 5.91 Å². The Hall–Kier alpha value is -2.34. The number of hydrogen-bond donors (Lipinski definition) is 3. The molecule has 0 radical (unpaired) electrons. The Morgan fingerprint density at radius 3 is 2.54 bits per heavy atom. The van der Waals surface area contributed by atoms with Crippen molar-refractivity contribution in [3.8, 4) is 0 Å². The van der Waals surface area contributed by atoms with Gasteiger partial charge in [0, 0.05) is 12.5 Å². The minimum atomic E-state index is -0.0436. The molecule has 1 aromatic carbocycles. The molecule has 2 saturated carbocycles. The van der Waals surface area contributed by atoms with E-state index in [2.05, 4.69) is 56.7 Å². The molecule has 3 N–H and O–H groups in total. The summed E-state index contributed by atoms with van der Waals surface area (Å²) in [5.74, 6) is 1.48. The molecular weight excluding hydrogens is 374 g/mol. The Labute approximate surface area is 170 Å². The molecular formula is C21H26ClN5O. The molecule has 0 unspecified atom stereocenters. The molecule has 148 valence electrons. The molecule has 4 rings (SSSR count). The van der Waals surface area contributed by atoms with Gasteiger partial charge in [0.05, 0.1) is 11.9 Å². The summed E-state index contributed by atoms with van der Waals surface area (Å²) in [7, 11) is 0. The Morgan fingerprint density at radius 1 is 1.07 bits per heavy atom. The molecule has 6 nitrogen and oxygen atoms in total. The number of benzene rings is 1. The topological polar surface area (TPSA) is 78.9 Å². The number of nitrogens with one attached hydrogen (secondary N) is 3. The van der Waals surface area contributed by atoms with Crippen LogP contribution in [0.15, 0.2) is 36.5 Å². The maximum atomic E-state index is 11.8. The van der Waals surface area contributed by atoms with Gasteiger partial charge >= 0.3 is 0 Å². The van der Waals surface area contributed by atoms with E-state index < -0.39 is 0 Å². The first-order valence-corrected chi connectivity index (χ1v) is 10.4. The fraction of sp³-hybridized carbons (Fsp3) is 0.476. The smallest absolute Gasteiger partial charge is 0.238 e. The number of hydrazine groups is 1. The van der Waals surface area contributed by atoms with Gasteiger partial charge in [-0.1, -0.05) is 41.9 Å². The van der Waals surface area contributed by atoms with Crippen LogP contribution in [0.2, 0.25) is 5.02 Å². The van der Waals surface area contributed by atoms with Gasteiger partial charge in [-0.25, -0.2) is 0 Å². The van der Waals surface area contributed by atoms with Gasteiger partial charge in [-0.05, 0) is 55.9 Å². The van der Waals surface area contributed by atoms with E-state index in [1.165, 1.54) is 5.56 Å². The number of anilines is 2. The minimum absolute atomic E-state index is 0.0436.